The molecule has 0 aliphatic heterocycles. The molecule has 1 aromatic carbocycles. The molecule has 0 bridgehead atoms. The minimum absolute atomic E-state index is 0.0560. The third-order valence-corrected chi connectivity index (χ3v) is 4.25. The number of benzene rings is 1. The highest BCUT2D eigenvalue weighted by molar-refractivity contribution is 7.22. The minimum atomic E-state index is 0.0560. The normalized spacial score (nSPS) is 11.2. The summed E-state index contributed by atoms with van der Waals surface area (Å²) in [6.45, 7) is 5.34. The number of para-hydroxylation sites is 1. The van der Waals surface area contributed by atoms with Gasteiger partial charge in [-0.25, -0.2) is 4.98 Å². The molecule has 0 N–H and O–H groups in total. The number of amides is 1. The number of hydrogen-bond donors (Lipinski definition) is 0. The van der Waals surface area contributed by atoms with Gasteiger partial charge in [-0.05, 0) is 45.6 Å². The van der Waals surface area contributed by atoms with Gasteiger partial charge >= 0.3 is 0 Å². The standard InChI is InChI=1S/C15H21N3OS/c1-11-7-5-8-13-14(11)16-15(20-13)18(12(2)19)10-6-9-17(3)4/h5,7-8H,6,9-10H2,1-4H3. The summed E-state index contributed by atoms with van der Waals surface area (Å²) in [7, 11) is 4.08. The second-order valence-corrected chi connectivity index (χ2v) is 6.25. The lowest BCUT2D eigenvalue weighted by molar-refractivity contribution is -0.116. The van der Waals surface area contributed by atoms with Crippen molar-refractivity contribution < 1.29 is 4.79 Å². The van der Waals surface area contributed by atoms with Gasteiger partial charge in [0.2, 0.25) is 5.91 Å². The average molecular weight is 291 g/mol. The molecule has 0 saturated heterocycles. The summed E-state index contributed by atoms with van der Waals surface area (Å²) in [4.78, 5) is 20.4. The van der Waals surface area contributed by atoms with Crippen molar-refractivity contribution in [1.82, 2.24) is 9.88 Å². The van der Waals surface area contributed by atoms with Crippen molar-refractivity contribution in [2.45, 2.75) is 20.3 Å². The van der Waals surface area contributed by atoms with E-state index in [-0.39, 0.29) is 5.91 Å². The van der Waals surface area contributed by atoms with Crippen LogP contribution in [-0.2, 0) is 4.79 Å². The Morgan fingerprint density at radius 3 is 2.65 bits per heavy atom. The summed E-state index contributed by atoms with van der Waals surface area (Å²) in [5, 5.41) is 0.806. The summed E-state index contributed by atoms with van der Waals surface area (Å²) in [5.41, 5.74) is 2.16. The van der Waals surface area contributed by atoms with Crippen molar-refractivity contribution in [2.24, 2.45) is 0 Å². The van der Waals surface area contributed by atoms with E-state index >= 15 is 0 Å². The van der Waals surface area contributed by atoms with Crippen LogP contribution in [0.2, 0.25) is 0 Å². The van der Waals surface area contributed by atoms with E-state index in [4.69, 9.17) is 0 Å². The molecule has 0 fully saturated rings. The summed E-state index contributed by atoms with van der Waals surface area (Å²) < 4.78 is 1.14. The summed E-state index contributed by atoms with van der Waals surface area (Å²) in [6.07, 6.45) is 0.946. The van der Waals surface area contributed by atoms with Gasteiger partial charge in [0.25, 0.3) is 0 Å². The molecule has 4 nitrogen and oxygen atoms in total. The van der Waals surface area contributed by atoms with Crippen LogP contribution in [0, 0.1) is 6.92 Å². The molecule has 1 aromatic heterocycles. The Bertz CT molecular complexity index is 606. The Hall–Kier alpha value is -1.46. The Morgan fingerprint density at radius 1 is 1.30 bits per heavy atom. The van der Waals surface area contributed by atoms with E-state index in [1.807, 2.05) is 20.2 Å². The van der Waals surface area contributed by atoms with Crippen LogP contribution in [-0.4, -0.2) is 43.0 Å². The largest absolute Gasteiger partial charge is 0.309 e. The molecular weight excluding hydrogens is 270 g/mol. The van der Waals surface area contributed by atoms with E-state index in [9.17, 15) is 4.79 Å². The van der Waals surface area contributed by atoms with Gasteiger partial charge in [-0.1, -0.05) is 23.5 Å². The maximum atomic E-state index is 11.9. The summed E-state index contributed by atoms with van der Waals surface area (Å²) >= 11 is 1.59. The number of nitrogens with zero attached hydrogens (tertiary/aromatic N) is 3. The molecule has 0 spiro atoms. The molecule has 1 amide bonds. The van der Waals surface area contributed by atoms with Gasteiger partial charge < -0.3 is 4.90 Å². The van der Waals surface area contributed by atoms with Gasteiger partial charge in [-0.3, -0.25) is 9.69 Å². The first-order valence-corrected chi connectivity index (χ1v) is 7.59. The van der Waals surface area contributed by atoms with Gasteiger partial charge in [0, 0.05) is 13.5 Å². The number of hydrogen-bond acceptors (Lipinski definition) is 4. The molecule has 0 aliphatic carbocycles. The lowest BCUT2D eigenvalue weighted by Crippen LogP contribution is -2.31. The van der Waals surface area contributed by atoms with Gasteiger partial charge in [-0.15, -0.1) is 0 Å². The topological polar surface area (TPSA) is 36.4 Å². The second kappa shape index (κ2) is 6.33. The smallest absolute Gasteiger partial charge is 0.225 e. The van der Waals surface area contributed by atoms with Gasteiger partial charge in [-0.2, -0.15) is 0 Å². The van der Waals surface area contributed by atoms with Crippen LogP contribution in [0.5, 0.6) is 0 Å². The molecule has 2 rings (SSSR count). The first-order valence-electron chi connectivity index (χ1n) is 6.78. The van der Waals surface area contributed by atoms with Crippen LogP contribution in [0.3, 0.4) is 0 Å². The lowest BCUT2D eigenvalue weighted by Gasteiger charge is -2.19. The average Bonchev–Trinajstić information content (AvgIpc) is 2.78. The lowest BCUT2D eigenvalue weighted by atomic mass is 10.2. The number of carbonyl (C=O) groups is 1. The number of fused-ring (bicyclic) bond motifs is 1. The quantitative estimate of drug-likeness (QED) is 0.850. The van der Waals surface area contributed by atoms with E-state index in [2.05, 4.69) is 28.9 Å². The monoisotopic (exact) mass is 291 g/mol. The molecule has 0 saturated carbocycles. The van der Waals surface area contributed by atoms with Crippen LogP contribution in [0.15, 0.2) is 18.2 Å². The van der Waals surface area contributed by atoms with Crippen molar-refractivity contribution in [2.75, 3.05) is 32.1 Å². The molecule has 0 aliphatic rings. The summed E-state index contributed by atoms with van der Waals surface area (Å²) in [6, 6.07) is 6.14. The number of aromatic nitrogens is 1. The number of thiazole rings is 1. The Morgan fingerprint density at radius 2 is 2.05 bits per heavy atom. The molecule has 1 heterocycles. The van der Waals surface area contributed by atoms with Gasteiger partial charge in [0.05, 0.1) is 10.2 Å². The predicted molar refractivity (Wildman–Crippen MR) is 85.6 cm³/mol. The van der Waals surface area contributed by atoms with Crippen LogP contribution in [0.4, 0.5) is 5.13 Å². The van der Waals surface area contributed by atoms with Gasteiger partial charge in [0.1, 0.15) is 0 Å². The zero-order valence-corrected chi connectivity index (χ0v) is 13.3. The fourth-order valence-corrected chi connectivity index (χ4v) is 3.24. The van der Waals surface area contributed by atoms with E-state index in [0.29, 0.717) is 6.54 Å². The first kappa shape index (κ1) is 14.9. The van der Waals surface area contributed by atoms with E-state index in [0.717, 1.165) is 33.9 Å². The number of rotatable bonds is 5. The Kier molecular flexibility index (Phi) is 4.73. The zero-order chi connectivity index (χ0) is 14.7. The van der Waals surface area contributed by atoms with Crippen molar-refractivity contribution >= 4 is 32.6 Å². The zero-order valence-electron chi connectivity index (χ0n) is 12.5. The molecule has 0 radical (unpaired) electrons. The van der Waals surface area contributed by atoms with Crippen molar-refractivity contribution in [3.8, 4) is 0 Å². The number of anilines is 1. The second-order valence-electron chi connectivity index (χ2n) is 5.25. The highest BCUT2D eigenvalue weighted by Gasteiger charge is 2.16. The number of carbonyl (C=O) groups excluding carboxylic acids is 1. The van der Waals surface area contributed by atoms with E-state index < -0.39 is 0 Å². The molecule has 108 valence electrons. The maximum Gasteiger partial charge on any atom is 0.225 e. The predicted octanol–water partition coefficient (Wildman–Crippen LogP) is 2.91. The number of aryl methyl sites for hydroxylation is 1. The van der Waals surface area contributed by atoms with Crippen LogP contribution < -0.4 is 4.90 Å². The van der Waals surface area contributed by atoms with Crippen molar-refractivity contribution in [3.05, 3.63) is 23.8 Å². The van der Waals surface area contributed by atoms with Crippen LogP contribution in [0.1, 0.15) is 18.9 Å². The van der Waals surface area contributed by atoms with Crippen molar-refractivity contribution in [1.29, 1.82) is 0 Å². The third kappa shape index (κ3) is 3.35. The van der Waals surface area contributed by atoms with E-state index in [1.54, 1.807) is 23.2 Å². The third-order valence-electron chi connectivity index (χ3n) is 3.21. The SMILES string of the molecule is CC(=O)N(CCCN(C)C)c1nc2c(C)cccc2s1. The molecule has 0 unspecified atom stereocenters. The molecule has 2 aromatic rings. The molecule has 5 heteroatoms. The minimum Gasteiger partial charge on any atom is -0.309 e. The fourth-order valence-electron chi connectivity index (χ4n) is 2.12. The highest BCUT2D eigenvalue weighted by Crippen LogP contribution is 2.30. The summed E-state index contributed by atoms with van der Waals surface area (Å²) in [5.74, 6) is 0.0560. The van der Waals surface area contributed by atoms with Crippen LogP contribution in [0.25, 0.3) is 10.2 Å². The molecular formula is C15H21N3OS. The molecule has 20 heavy (non-hydrogen) atoms. The maximum absolute atomic E-state index is 11.9. The fraction of sp³-hybridized carbons (Fsp3) is 0.467. The van der Waals surface area contributed by atoms with Gasteiger partial charge in [0.15, 0.2) is 5.13 Å². The van der Waals surface area contributed by atoms with Crippen LogP contribution >= 0.6 is 11.3 Å². The van der Waals surface area contributed by atoms with E-state index in [1.165, 1.54) is 0 Å². The Labute approximate surface area is 124 Å². The first-order chi connectivity index (χ1) is 9.49. The Balaban J connectivity index is 2.23. The molecule has 0 atom stereocenters. The highest BCUT2D eigenvalue weighted by atomic mass is 32.1. The van der Waals surface area contributed by atoms with Crippen molar-refractivity contribution in [3.63, 3.8) is 0 Å².